The second-order valence-electron chi connectivity index (χ2n) is 11.2. The van der Waals surface area contributed by atoms with Gasteiger partial charge < -0.3 is 0 Å². The van der Waals surface area contributed by atoms with Crippen LogP contribution in [0.5, 0.6) is 0 Å². The first-order valence-corrected chi connectivity index (χ1v) is 13.3. The summed E-state index contributed by atoms with van der Waals surface area (Å²) in [5, 5.41) is 2.89. The number of fused-ring (bicyclic) bond motifs is 1. The van der Waals surface area contributed by atoms with Crippen LogP contribution >= 0.6 is 0 Å². The number of rotatable bonds is 6. The summed E-state index contributed by atoms with van der Waals surface area (Å²) in [5.41, 5.74) is 20.2. The number of allylic oxidation sites excluding steroid dienone is 8. The van der Waals surface area contributed by atoms with E-state index in [0.29, 0.717) is 0 Å². The first kappa shape index (κ1) is 30.4. The van der Waals surface area contributed by atoms with Gasteiger partial charge in [-0.05, 0) is 0 Å². The summed E-state index contributed by atoms with van der Waals surface area (Å²) < 4.78 is 0. The quantitative estimate of drug-likeness (QED) is 0.229. The van der Waals surface area contributed by atoms with Gasteiger partial charge in [-0.3, -0.25) is 0 Å². The number of hydrogen-bond donors (Lipinski definition) is 0. The zero-order valence-corrected chi connectivity index (χ0v) is 25.4. The number of benzene rings is 1. The molecule has 0 bridgehead atoms. The van der Waals surface area contributed by atoms with Crippen molar-refractivity contribution in [2.75, 3.05) is 0 Å². The molecule has 0 saturated carbocycles. The van der Waals surface area contributed by atoms with Crippen LogP contribution in [0.2, 0.25) is 0 Å². The number of hydrogen-bond acceptors (Lipinski definition) is 0. The van der Waals surface area contributed by atoms with E-state index in [1.54, 1.807) is 5.57 Å². The van der Waals surface area contributed by atoms with Crippen LogP contribution in [0.25, 0.3) is 11.1 Å². The molecule has 166 valence electrons. The van der Waals surface area contributed by atoms with Gasteiger partial charge in [-0.15, -0.1) is 0 Å². The molecule has 0 nitrogen and oxygen atoms in total. The van der Waals surface area contributed by atoms with Crippen molar-refractivity contribution in [3.63, 3.8) is 0 Å². The Kier molecular flexibility index (Phi) is 10.3. The van der Waals surface area contributed by atoms with E-state index in [-0.39, 0.29) is 0 Å². The minimum atomic E-state index is 0.987. The second kappa shape index (κ2) is 12.2. The van der Waals surface area contributed by atoms with Gasteiger partial charge in [0.05, 0.1) is 0 Å². The van der Waals surface area contributed by atoms with Crippen LogP contribution in [-0.2, 0) is 0 Å². The van der Waals surface area contributed by atoms with Crippen molar-refractivity contribution >= 4 is 140 Å². The van der Waals surface area contributed by atoms with Gasteiger partial charge in [-0.1, -0.05) is 0 Å². The molecule has 0 N–H and O–H groups in total. The average molecular weight is 452 g/mol. The topological polar surface area (TPSA) is 0 Å². The molecule has 1 aromatic rings. The summed E-state index contributed by atoms with van der Waals surface area (Å²) in [4.78, 5) is 0. The summed E-state index contributed by atoms with van der Waals surface area (Å²) in [6, 6.07) is 0. The Hall–Kier alpha value is -1.81. The Balaban J connectivity index is 2.97. The molecule has 0 aliphatic heterocycles. The molecule has 36 heavy (non-hydrogen) atoms. The van der Waals surface area contributed by atoms with E-state index >= 15 is 0 Å². The summed E-state index contributed by atoms with van der Waals surface area (Å²) in [6.45, 7) is 2.19. The van der Waals surface area contributed by atoms with Crippen molar-refractivity contribution in [1.29, 1.82) is 0 Å². The zero-order chi connectivity index (χ0) is 27.6. The predicted molar refractivity (Wildman–Crippen MR) is 202 cm³/mol. The van der Waals surface area contributed by atoms with Crippen molar-refractivity contribution in [1.82, 2.24) is 0 Å². The van der Waals surface area contributed by atoms with Gasteiger partial charge in [0.15, 0.2) is 0 Å². The van der Waals surface area contributed by atoms with Gasteiger partial charge in [-0.25, -0.2) is 0 Å². The van der Waals surface area contributed by atoms with Crippen LogP contribution in [0.1, 0.15) is 26.2 Å². The molecular weight excluding hydrogens is 417 g/mol. The molecule has 13 heteroatoms. The maximum atomic E-state index is 5.70. The van der Waals surface area contributed by atoms with E-state index in [4.69, 9.17) is 6.42 Å². The van der Waals surface area contributed by atoms with E-state index in [0.717, 1.165) is 24.7 Å². The fourth-order valence-electron chi connectivity index (χ4n) is 5.41. The standard InChI is InChI=1S/C23H35B13/c1-3-10(25)16(29)17(30)11(26)6-8-4-5-9(15(28)21(34)20(33)14(27)7(2)24)13-12(8)18(31)22(35)23(36)19(13)32/h1,28H,4-6,24-27,29-36H2,2H3/b14-7-,16-10-,17-11-,21-20-. The van der Waals surface area contributed by atoms with Gasteiger partial charge in [-0.2, -0.15) is 0 Å². The molecule has 0 saturated heterocycles. The van der Waals surface area contributed by atoms with Crippen LogP contribution in [0.3, 0.4) is 0 Å². The fourth-order valence-corrected chi connectivity index (χ4v) is 5.41. The second-order valence-corrected chi connectivity index (χ2v) is 11.2. The van der Waals surface area contributed by atoms with Crippen LogP contribution in [0.4, 0.5) is 0 Å². The molecule has 1 aliphatic rings. The van der Waals surface area contributed by atoms with Gasteiger partial charge in [0, 0.05) is 0 Å². The summed E-state index contributed by atoms with van der Waals surface area (Å²) >= 11 is 0. The average Bonchev–Trinajstić information content (AvgIpc) is 2.86. The Labute approximate surface area is 232 Å². The molecule has 1 aromatic carbocycles. The number of terminal acetylenes is 1. The molecule has 0 radical (unpaired) electrons. The van der Waals surface area contributed by atoms with Gasteiger partial charge in [0.1, 0.15) is 0 Å². The van der Waals surface area contributed by atoms with Crippen molar-refractivity contribution in [3.05, 3.63) is 54.2 Å². The van der Waals surface area contributed by atoms with Gasteiger partial charge in [0.25, 0.3) is 0 Å². The molecule has 0 atom stereocenters. The van der Waals surface area contributed by atoms with Crippen LogP contribution in [0.15, 0.2) is 43.8 Å². The SMILES string of the molecule is B=C(C1=c2c(B)c(B)c(B)c(B)c2=C(C/C(B)=C(B)\C(B)=C(\B)C#C)CC1)/C(B)=C(B)\C(B)=C(\B)C. The maximum absolute atomic E-state index is 5.70. The van der Waals surface area contributed by atoms with Crippen LogP contribution < -0.4 is 32.3 Å². The van der Waals surface area contributed by atoms with E-state index in [1.165, 1.54) is 81.6 Å². The monoisotopic (exact) mass is 454 g/mol. The molecule has 0 unspecified atom stereocenters. The molecule has 1 aliphatic carbocycles. The fraction of sp³-hybridized carbons (Fsp3) is 0.174. The molecule has 0 spiro atoms. The van der Waals surface area contributed by atoms with E-state index < -0.39 is 0 Å². The first-order valence-electron chi connectivity index (χ1n) is 13.3. The van der Waals surface area contributed by atoms with E-state index in [9.17, 15) is 0 Å². The van der Waals surface area contributed by atoms with Crippen LogP contribution in [-0.4, -0.2) is 107 Å². The van der Waals surface area contributed by atoms with Crippen molar-refractivity contribution in [2.45, 2.75) is 26.2 Å². The van der Waals surface area contributed by atoms with Crippen molar-refractivity contribution in [2.24, 2.45) is 0 Å². The zero-order valence-electron chi connectivity index (χ0n) is 25.4. The third kappa shape index (κ3) is 5.85. The summed E-state index contributed by atoms with van der Waals surface area (Å²) in [6.07, 6.45) is 8.79. The Morgan fingerprint density at radius 3 is 1.75 bits per heavy atom. The Morgan fingerprint density at radius 1 is 0.722 bits per heavy atom. The minimum absolute atomic E-state index is 0.987. The molecule has 0 amide bonds. The van der Waals surface area contributed by atoms with Gasteiger partial charge >= 0.3 is 233 Å². The summed E-state index contributed by atoms with van der Waals surface area (Å²) in [5.74, 6) is 2.82. The molecule has 0 aromatic heterocycles. The third-order valence-corrected chi connectivity index (χ3v) is 9.17. The first-order chi connectivity index (χ1) is 16.7. The molecule has 0 fully saturated rings. The molecular formula is C23H35B13. The summed E-state index contributed by atoms with van der Waals surface area (Å²) in [7, 11) is 31.4. The Morgan fingerprint density at radius 2 is 1.25 bits per heavy atom. The van der Waals surface area contributed by atoms with E-state index in [2.05, 4.69) is 107 Å². The Bertz CT molecular complexity index is 1440. The van der Waals surface area contributed by atoms with Crippen molar-refractivity contribution < 1.29 is 0 Å². The predicted octanol–water partition coefficient (Wildman–Crippen LogP) is -12.2. The third-order valence-electron chi connectivity index (χ3n) is 9.17. The molecule has 2 rings (SSSR count). The van der Waals surface area contributed by atoms with Crippen LogP contribution in [0, 0.1) is 12.3 Å². The van der Waals surface area contributed by atoms with Gasteiger partial charge in [0.2, 0.25) is 0 Å². The van der Waals surface area contributed by atoms with E-state index in [1.807, 2.05) is 7.85 Å². The molecule has 0 heterocycles. The normalized spacial score (nSPS) is 16.1. The van der Waals surface area contributed by atoms with Crippen molar-refractivity contribution in [3.8, 4) is 12.3 Å².